The predicted molar refractivity (Wildman–Crippen MR) is 69.8 cm³/mol. The molecule has 100 valence electrons. The van der Waals surface area contributed by atoms with E-state index in [4.69, 9.17) is 4.74 Å². The molecule has 3 heteroatoms. The van der Waals surface area contributed by atoms with Gasteiger partial charge in [-0.1, -0.05) is 26.7 Å². The van der Waals surface area contributed by atoms with Crippen molar-refractivity contribution in [1.82, 2.24) is 5.32 Å². The van der Waals surface area contributed by atoms with Crippen molar-refractivity contribution in [3.8, 4) is 0 Å². The van der Waals surface area contributed by atoms with Crippen LogP contribution in [0.15, 0.2) is 0 Å². The summed E-state index contributed by atoms with van der Waals surface area (Å²) in [4.78, 5) is 11.4. The maximum Gasteiger partial charge on any atom is 0.309 e. The second-order valence-corrected chi connectivity index (χ2v) is 5.54. The maximum atomic E-state index is 11.4. The molecule has 0 radical (unpaired) electrons. The van der Waals surface area contributed by atoms with E-state index in [0.717, 1.165) is 6.54 Å². The molecule has 0 aromatic rings. The lowest BCUT2D eigenvalue weighted by Crippen LogP contribution is -2.42. The van der Waals surface area contributed by atoms with Gasteiger partial charge in [0.25, 0.3) is 0 Å². The summed E-state index contributed by atoms with van der Waals surface area (Å²) in [7, 11) is 1.45. The van der Waals surface area contributed by atoms with Gasteiger partial charge in [-0.25, -0.2) is 0 Å². The normalized spacial score (nSPS) is 22.1. The molecule has 17 heavy (non-hydrogen) atoms. The summed E-state index contributed by atoms with van der Waals surface area (Å²) < 4.78 is 4.78. The Hall–Kier alpha value is -0.570. The first-order valence-electron chi connectivity index (χ1n) is 6.86. The highest BCUT2D eigenvalue weighted by Gasteiger charge is 2.32. The number of carbonyl (C=O) groups excluding carboxylic acids is 1. The SMILES string of the molecule is CCC1(CNC(C)C(C)C(=O)OC)CCCC1. The molecular formula is C14H27NO2. The van der Waals surface area contributed by atoms with E-state index >= 15 is 0 Å². The highest BCUT2D eigenvalue weighted by Crippen LogP contribution is 2.40. The van der Waals surface area contributed by atoms with Crippen molar-refractivity contribution in [1.29, 1.82) is 0 Å². The number of hydrogen-bond acceptors (Lipinski definition) is 3. The Morgan fingerprint density at radius 3 is 2.41 bits per heavy atom. The minimum atomic E-state index is -0.123. The monoisotopic (exact) mass is 241 g/mol. The van der Waals surface area contributed by atoms with Crippen LogP contribution in [0, 0.1) is 11.3 Å². The minimum absolute atomic E-state index is 0.0738. The second-order valence-electron chi connectivity index (χ2n) is 5.54. The topological polar surface area (TPSA) is 38.3 Å². The fourth-order valence-corrected chi connectivity index (χ4v) is 2.72. The van der Waals surface area contributed by atoms with E-state index in [1.54, 1.807) is 0 Å². The van der Waals surface area contributed by atoms with Crippen LogP contribution in [0.4, 0.5) is 0 Å². The van der Waals surface area contributed by atoms with E-state index in [1.165, 1.54) is 39.2 Å². The molecular weight excluding hydrogens is 214 g/mol. The van der Waals surface area contributed by atoms with Gasteiger partial charge in [-0.3, -0.25) is 4.79 Å². The Bertz CT molecular complexity index is 247. The molecule has 0 bridgehead atoms. The third kappa shape index (κ3) is 3.70. The van der Waals surface area contributed by atoms with Crippen LogP contribution in [0.5, 0.6) is 0 Å². The van der Waals surface area contributed by atoms with Gasteiger partial charge in [0.15, 0.2) is 0 Å². The number of esters is 1. The second kappa shape index (κ2) is 6.39. The first-order valence-corrected chi connectivity index (χ1v) is 6.86. The molecule has 0 amide bonds. The van der Waals surface area contributed by atoms with Crippen molar-refractivity contribution in [3.63, 3.8) is 0 Å². The minimum Gasteiger partial charge on any atom is -0.469 e. The molecule has 3 nitrogen and oxygen atoms in total. The number of nitrogens with one attached hydrogen (secondary N) is 1. The molecule has 0 saturated heterocycles. The van der Waals surface area contributed by atoms with Crippen molar-refractivity contribution in [2.75, 3.05) is 13.7 Å². The summed E-state index contributed by atoms with van der Waals surface area (Å²) in [5.41, 5.74) is 0.476. The molecule has 1 fully saturated rings. The summed E-state index contributed by atoms with van der Waals surface area (Å²) in [5.74, 6) is -0.197. The fraction of sp³-hybridized carbons (Fsp3) is 0.929. The quantitative estimate of drug-likeness (QED) is 0.727. The number of methoxy groups -OCH3 is 1. The Morgan fingerprint density at radius 1 is 1.35 bits per heavy atom. The van der Waals surface area contributed by atoms with Gasteiger partial charge in [-0.2, -0.15) is 0 Å². The summed E-state index contributed by atoms with van der Waals surface area (Å²) in [6, 6.07) is 0.187. The van der Waals surface area contributed by atoms with E-state index in [2.05, 4.69) is 19.2 Å². The third-order valence-corrected chi connectivity index (χ3v) is 4.54. The molecule has 2 unspecified atom stereocenters. The number of hydrogen-bond donors (Lipinski definition) is 1. The molecule has 2 atom stereocenters. The summed E-state index contributed by atoms with van der Waals surface area (Å²) >= 11 is 0. The van der Waals surface area contributed by atoms with E-state index < -0.39 is 0 Å². The van der Waals surface area contributed by atoms with Gasteiger partial charge in [0.1, 0.15) is 0 Å². The zero-order valence-electron chi connectivity index (χ0n) is 11.7. The number of rotatable bonds is 6. The molecule has 1 aliphatic carbocycles. The first kappa shape index (κ1) is 14.5. The van der Waals surface area contributed by atoms with Gasteiger partial charge < -0.3 is 10.1 Å². The molecule has 0 aromatic carbocycles. The number of carbonyl (C=O) groups is 1. The third-order valence-electron chi connectivity index (χ3n) is 4.54. The number of ether oxygens (including phenoxy) is 1. The molecule has 1 saturated carbocycles. The maximum absolute atomic E-state index is 11.4. The highest BCUT2D eigenvalue weighted by atomic mass is 16.5. The van der Waals surface area contributed by atoms with E-state index in [-0.39, 0.29) is 17.9 Å². The van der Waals surface area contributed by atoms with Crippen LogP contribution in [0.25, 0.3) is 0 Å². The summed E-state index contributed by atoms with van der Waals surface area (Å²) in [6.45, 7) is 7.31. The van der Waals surface area contributed by atoms with Crippen LogP contribution in [0.2, 0.25) is 0 Å². The van der Waals surface area contributed by atoms with Crippen LogP contribution in [-0.4, -0.2) is 25.7 Å². The Kier molecular flexibility index (Phi) is 5.44. The van der Waals surface area contributed by atoms with Crippen LogP contribution in [0.1, 0.15) is 52.9 Å². The zero-order valence-corrected chi connectivity index (χ0v) is 11.7. The van der Waals surface area contributed by atoms with E-state index in [0.29, 0.717) is 5.41 Å². The van der Waals surface area contributed by atoms with Gasteiger partial charge in [0.05, 0.1) is 13.0 Å². The van der Waals surface area contributed by atoms with Gasteiger partial charge in [0.2, 0.25) is 0 Å². The van der Waals surface area contributed by atoms with Crippen molar-refractivity contribution in [2.24, 2.45) is 11.3 Å². The standard InChI is InChI=1S/C14H27NO2/c1-5-14(8-6-7-9-14)10-15-12(3)11(2)13(16)17-4/h11-12,15H,5-10H2,1-4H3. The largest absolute Gasteiger partial charge is 0.469 e. The molecule has 1 aliphatic rings. The van der Waals surface area contributed by atoms with Gasteiger partial charge in [-0.05, 0) is 31.6 Å². The van der Waals surface area contributed by atoms with Gasteiger partial charge >= 0.3 is 5.97 Å². The molecule has 0 heterocycles. The lowest BCUT2D eigenvalue weighted by atomic mass is 9.83. The Morgan fingerprint density at radius 2 is 1.94 bits per heavy atom. The van der Waals surface area contributed by atoms with Crippen LogP contribution in [0.3, 0.4) is 0 Å². The van der Waals surface area contributed by atoms with Crippen molar-refractivity contribution in [3.05, 3.63) is 0 Å². The molecule has 0 aliphatic heterocycles. The van der Waals surface area contributed by atoms with E-state index in [1.807, 2.05) is 6.92 Å². The van der Waals surface area contributed by atoms with Crippen LogP contribution < -0.4 is 5.32 Å². The molecule has 1 N–H and O–H groups in total. The summed E-state index contributed by atoms with van der Waals surface area (Å²) in [6.07, 6.45) is 6.61. The predicted octanol–water partition coefficient (Wildman–Crippen LogP) is 2.74. The molecule has 0 spiro atoms. The lowest BCUT2D eigenvalue weighted by Gasteiger charge is -2.30. The highest BCUT2D eigenvalue weighted by molar-refractivity contribution is 5.72. The smallest absolute Gasteiger partial charge is 0.309 e. The molecule has 0 aromatic heterocycles. The zero-order chi connectivity index (χ0) is 12.9. The Labute approximate surface area is 105 Å². The first-order chi connectivity index (χ1) is 8.04. The average molecular weight is 241 g/mol. The average Bonchev–Trinajstić information content (AvgIpc) is 2.83. The van der Waals surface area contributed by atoms with Crippen molar-refractivity contribution < 1.29 is 9.53 Å². The fourth-order valence-electron chi connectivity index (χ4n) is 2.72. The van der Waals surface area contributed by atoms with Crippen molar-refractivity contribution >= 4 is 5.97 Å². The van der Waals surface area contributed by atoms with Crippen LogP contribution >= 0.6 is 0 Å². The van der Waals surface area contributed by atoms with Gasteiger partial charge in [0, 0.05) is 12.6 Å². The molecule has 1 rings (SSSR count). The van der Waals surface area contributed by atoms with Crippen molar-refractivity contribution in [2.45, 2.75) is 58.9 Å². The van der Waals surface area contributed by atoms with Gasteiger partial charge in [-0.15, -0.1) is 0 Å². The van der Waals surface area contributed by atoms with E-state index in [9.17, 15) is 4.79 Å². The lowest BCUT2D eigenvalue weighted by molar-refractivity contribution is -0.145. The van der Waals surface area contributed by atoms with Crippen LogP contribution in [-0.2, 0) is 9.53 Å². The summed E-state index contributed by atoms with van der Waals surface area (Å²) in [5, 5.41) is 3.53. The Balaban J connectivity index is 2.41.